The van der Waals surface area contributed by atoms with Gasteiger partial charge in [-0.2, -0.15) is 0 Å². The molecule has 2 rings (SSSR count). The number of rotatable bonds is 1. The molecule has 3 heteroatoms. The molecule has 0 aromatic heterocycles. The Hall–Kier alpha value is -1.77. The van der Waals surface area contributed by atoms with E-state index in [2.05, 4.69) is 6.58 Å². The van der Waals surface area contributed by atoms with Gasteiger partial charge >= 0.3 is 6.09 Å². The maximum atomic E-state index is 11.0. The van der Waals surface area contributed by atoms with E-state index in [0.717, 1.165) is 12.0 Å². The third-order valence-electron chi connectivity index (χ3n) is 2.81. The summed E-state index contributed by atoms with van der Waals surface area (Å²) in [5.41, 5.74) is 2.32. The van der Waals surface area contributed by atoms with E-state index in [1.54, 1.807) is 6.08 Å². The summed E-state index contributed by atoms with van der Waals surface area (Å²) in [5.74, 6) is 0. The highest BCUT2D eigenvalue weighted by Crippen LogP contribution is 2.23. The molecule has 0 saturated carbocycles. The Labute approximate surface area is 88.6 Å². The van der Waals surface area contributed by atoms with Gasteiger partial charge in [0.05, 0.1) is 6.04 Å². The summed E-state index contributed by atoms with van der Waals surface area (Å²) in [4.78, 5) is 12.4. The van der Waals surface area contributed by atoms with E-state index in [-0.39, 0.29) is 6.04 Å². The van der Waals surface area contributed by atoms with E-state index >= 15 is 0 Å². The minimum atomic E-state index is -0.880. The lowest BCUT2D eigenvalue weighted by atomic mass is 9.94. The van der Waals surface area contributed by atoms with Gasteiger partial charge in [0.15, 0.2) is 0 Å². The molecule has 1 aliphatic rings. The molecule has 0 bridgehead atoms. The van der Waals surface area contributed by atoms with Crippen molar-refractivity contribution in [3.63, 3.8) is 0 Å². The van der Waals surface area contributed by atoms with Crippen LogP contribution >= 0.6 is 0 Å². The van der Waals surface area contributed by atoms with Crippen LogP contribution in [-0.4, -0.2) is 22.1 Å². The van der Waals surface area contributed by atoms with Crippen LogP contribution in [0.2, 0.25) is 0 Å². The van der Waals surface area contributed by atoms with Crippen molar-refractivity contribution in [1.82, 2.24) is 4.90 Å². The van der Waals surface area contributed by atoms with E-state index < -0.39 is 6.09 Å². The molecule has 1 N–H and O–H groups in total. The van der Waals surface area contributed by atoms with E-state index in [9.17, 15) is 4.79 Å². The molecule has 0 aliphatic carbocycles. The quantitative estimate of drug-likeness (QED) is 0.711. The first-order chi connectivity index (χ1) is 7.22. The van der Waals surface area contributed by atoms with E-state index in [1.807, 2.05) is 24.3 Å². The minimum Gasteiger partial charge on any atom is -0.465 e. The monoisotopic (exact) mass is 203 g/mol. The van der Waals surface area contributed by atoms with Crippen molar-refractivity contribution in [3.05, 3.63) is 48.0 Å². The number of carboxylic acid groups (broad SMARTS) is 1. The Balaban J connectivity index is 2.34. The topological polar surface area (TPSA) is 40.5 Å². The van der Waals surface area contributed by atoms with Crippen molar-refractivity contribution >= 4 is 6.09 Å². The van der Waals surface area contributed by atoms with E-state index in [4.69, 9.17) is 5.11 Å². The summed E-state index contributed by atoms with van der Waals surface area (Å²) in [7, 11) is 0. The second-order valence-electron chi connectivity index (χ2n) is 3.69. The molecule has 1 atom stereocenters. The zero-order valence-corrected chi connectivity index (χ0v) is 8.39. The summed E-state index contributed by atoms with van der Waals surface area (Å²) in [6.45, 7) is 4.15. The second kappa shape index (κ2) is 3.77. The number of benzene rings is 1. The first kappa shape index (κ1) is 9.77. The van der Waals surface area contributed by atoms with Crippen molar-refractivity contribution in [2.45, 2.75) is 19.0 Å². The lowest BCUT2D eigenvalue weighted by molar-refractivity contribution is 0.126. The fourth-order valence-electron chi connectivity index (χ4n) is 1.97. The van der Waals surface area contributed by atoms with Crippen LogP contribution in [0.25, 0.3) is 0 Å². The highest BCUT2D eigenvalue weighted by molar-refractivity contribution is 5.66. The zero-order valence-electron chi connectivity index (χ0n) is 8.39. The van der Waals surface area contributed by atoms with Gasteiger partial charge in [0.25, 0.3) is 0 Å². The highest BCUT2D eigenvalue weighted by atomic mass is 16.4. The van der Waals surface area contributed by atoms with Crippen molar-refractivity contribution < 1.29 is 9.90 Å². The number of fused-ring (bicyclic) bond motifs is 1. The van der Waals surface area contributed by atoms with E-state index in [0.29, 0.717) is 6.54 Å². The first-order valence-electron chi connectivity index (χ1n) is 4.91. The zero-order chi connectivity index (χ0) is 10.8. The summed E-state index contributed by atoms with van der Waals surface area (Å²) in [6.07, 6.45) is 1.55. The van der Waals surface area contributed by atoms with Crippen LogP contribution in [0.4, 0.5) is 4.79 Å². The molecule has 0 saturated heterocycles. The van der Waals surface area contributed by atoms with Crippen LogP contribution in [0.5, 0.6) is 0 Å². The predicted molar refractivity (Wildman–Crippen MR) is 57.7 cm³/mol. The lowest BCUT2D eigenvalue weighted by Gasteiger charge is -2.32. The van der Waals surface area contributed by atoms with Gasteiger partial charge in [0.1, 0.15) is 0 Å². The average Bonchev–Trinajstić information content (AvgIpc) is 2.27. The molecule has 15 heavy (non-hydrogen) atoms. The molecule has 1 aliphatic heterocycles. The van der Waals surface area contributed by atoms with Gasteiger partial charge in [0, 0.05) is 6.54 Å². The molecule has 78 valence electrons. The van der Waals surface area contributed by atoms with Crippen molar-refractivity contribution in [2.75, 3.05) is 0 Å². The number of hydrogen-bond donors (Lipinski definition) is 1. The maximum absolute atomic E-state index is 11.0. The Kier molecular flexibility index (Phi) is 2.46. The lowest BCUT2D eigenvalue weighted by Crippen LogP contribution is -2.42. The Morgan fingerprint density at radius 3 is 2.73 bits per heavy atom. The molecular formula is C12H13NO2. The Morgan fingerprint density at radius 2 is 2.13 bits per heavy atom. The number of nitrogens with zero attached hydrogens (tertiary/aromatic N) is 1. The molecule has 1 unspecified atom stereocenters. The normalized spacial score (nSPS) is 19.5. The molecule has 1 aromatic carbocycles. The fourth-order valence-corrected chi connectivity index (χ4v) is 1.97. The van der Waals surface area contributed by atoms with Gasteiger partial charge in [-0.25, -0.2) is 4.79 Å². The SMILES string of the molecule is C=CC1Cc2ccccc2CN1C(=O)O. The molecular weight excluding hydrogens is 190 g/mol. The summed E-state index contributed by atoms with van der Waals surface area (Å²) in [6, 6.07) is 7.84. The third-order valence-corrected chi connectivity index (χ3v) is 2.81. The van der Waals surface area contributed by atoms with Crippen LogP contribution in [-0.2, 0) is 13.0 Å². The number of hydrogen-bond acceptors (Lipinski definition) is 1. The van der Waals surface area contributed by atoms with Crippen LogP contribution in [0, 0.1) is 0 Å². The maximum Gasteiger partial charge on any atom is 0.408 e. The Morgan fingerprint density at radius 1 is 1.47 bits per heavy atom. The van der Waals surface area contributed by atoms with Crippen LogP contribution in [0.1, 0.15) is 11.1 Å². The largest absolute Gasteiger partial charge is 0.465 e. The number of amides is 1. The fraction of sp³-hybridized carbons (Fsp3) is 0.250. The molecule has 1 amide bonds. The molecule has 0 fully saturated rings. The van der Waals surface area contributed by atoms with Gasteiger partial charge in [0.2, 0.25) is 0 Å². The summed E-state index contributed by atoms with van der Waals surface area (Å²) in [5, 5.41) is 9.04. The first-order valence-corrected chi connectivity index (χ1v) is 4.91. The van der Waals surface area contributed by atoms with Crippen molar-refractivity contribution in [2.24, 2.45) is 0 Å². The van der Waals surface area contributed by atoms with Gasteiger partial charge in [-0.15, -0.1) is 6.58 Å². The van der Waals surface area contributed by atoms with Gasteiger partial charge < -0.3 is 5.11 Å². The molecule has 1 heterocycles. The summed E-state index contributed by atoms with van der Waals surface area (Å²) >= 11 is 0. The Bertz CT molecular complexity index is 400. The van der Waals surface area contributed by atoms with Gasteiger partial charge in [-0.05, 0) is 17.5 Å². The molecule has 0 radical (unpaired) electrons. The smallest absolute Gasteiger partial charge is 0.408 e. The van der Waals surface area contributed by atoms with Crippen LogP contribution < -0.4 is 0 Å². The molecule has 3 nitrogen and oxygen atoms in total. The third kappa shape index (κ3) is 1.73. The van der Waals surface area contributed by atoms with Crippen molar-refractivity contribution in [3.8, 4) is 0 Å². The second-order valence-corrected chi connectivity index (χ2v) is 3.69. The summed E-state index contributed by atoms with van der Waals surface area (Å²) < 4.78 is 0. The predicted octanol–water partition coefficient (Wildman–Crippen LogP) is 2.28. The average molecular weight is 203 g/mol. The van der Waals surface area contributed by atoms with Gasteiger partial charge in [-0.1, -0.05) is 30.3 Å². The minimum absolute atomic E-state index is 0.0996. The standard InChI is InChI=1S/C12H13NO2/c1-2-11-7-9-5-3-4-6-10(9)8-13(11)12(14)15/h2-6,11H,1,7-8H2,(H,14,15). The highest BCUT2D eigenvalue weighted by Gasteiger charge is 2.26. The van der Waals surface area contributed by atoms with Gasteiger partial charge in [-0.3, -0.25) is 4.90 Å². The van der Waals surface area contributed by atoms with Crippen LogP contribution in [0.3, 0.4) is 0 Å². The molecule has 1 aromatic rings. The van der Waals surface area contributed by atoms with E-state index in [1.165, 1.54) is 10.5 Å². The van der Waals surface area contributed by atoms with Crippen molar-refractivity contribution in [1.29, 1.82) is 0 Å². The van der Waals surface area contributed by atoms with Crippen LogP contribution in [0.15, 0.2) is 36.9 Å². The number of carbonyl (C=O) groups is 1. The molecule has 0 spiro atoms.